The van der Waals surface area contributed by atoms with Gasteiger partial charge in [-0.25, -0.2) is 0 Å². The van der Waals surface area contributed by atoms with Gasteiger partial charge in [0.25, 0.3) is 0 Å². The Labute approximate surface area is 176 Å². The first-order chi connectivity index (χ1) is 14.2. The maximum Gasteiger partial charge on any atom is 0.237 e. The van der Waals surface area contributed by atoms with Crippen LogP contribution in [0.2, 0.25) is 0 Å². The number of benzene rings is 2. The van der Waals surface area contributed by atoms with Crippen molar-refractivity contribution in [2.75, 3.05) is 10.7 Å². The number of amides is 1. The monoisotopic (exact) mass is 406 g/mol. The highest BCUT2D eigenvalue weighted by atomic mass is 32.2. The van der Waals surface area contributed by atoms with Crippen molar-refractivity contribution in [1.29, 1.82) is 0 Å². The van der Waals surface area contributed by atoms with Crippen LogP contribution in [0.4, 0.5) is 5.69 Å². The van der Waals surface area contributed by atoms with E-state index in [1.807, 2.05) is 77.2 Å². The number of rotatable bonds is 6. The number of nitrogens with zero attached hydrogens (tertiary/aromatic N) is 4. The van der Waals surface area contributed by atoms with Crippen LogP contribution in [-0.4, -0.2) is 32.5 Å². The van der Waals surface area contributed by atoms with Gasteiger partial charge in [-0.1, -0.05) is 79.6 Å². The zero-order chi connectivity index (χ0) is 20.1. The third-order valence-electron chi connectivity index (χ3n) is 5.43. The van der Waals surface area contributed by atoms with Gasteiger partial charge in [0.2, 0.25) is 5.91 Å². The second kappa shape index (κ2) is 9.27. The summed E-state index contributed by atoms with van der Waals surface area (Å²) in [7, 11) is 1.95. The van der Waals surface area contributed by atoms with Crippen molar-refractivity contribution >= 4 is 23.4 Å². The third kappa shape index (κ3) is 4.53. The molecule has 1 heterocycles. The molecule has 29 heavy (non-hydrogen) atoms. The average molecular weight is 407 g/mol. The van der Waals surface area contributed by atoms with Crippen molar-refractivity contribution in [2.45, 2.75) is 43.3 Å². The van der Waals surface area contributed by atoms with Crippen molar-refractivity contribution < 1.29 is 4.79 Å². The molecule has 0 bridgehead atoms. The van der Waals surface area contributed by atoms with Gasteiger partial charge in [0.1, 0.15) is 0 Å². The van der Waals surface area contributed by atoms with Gasteiger partial charge in [-0.3, -0.25) is 4.79 Å². The highest BCUT2D eigenvalue weighted by molar-refractivity contribution is 7.99. The summed E-state index contributed by atoms with van der Waals surface area (Å²) >= 11 is 1.46. The largest absolute Gasteiger partial charge is 0.309 e. The minimum atomic E-state index is 0.136. The zero-order valence-corrected chi connectivity index (χ0v) is 17.5. The molecule has 0 saturated heterocycles. The van der Waals surface area contributed by atoms with Crippen molar-refractivity contribution in [3.8, 4) is 11.4 Å². The zero-order valence-electron chi connectivity index (χ0n) is 16.7. The molecule has 1 saturated carbocycles. The Bertz CT molecular complexity index is 936. The van der Waals surface area contributed by atoms with Crippen molar-refractivity contribution in [3.05, 3.63) is 60.7 Å². The molecule has 150 valence electrons. The van der Waals surface area contributed by atoms with Gasteiger partial charge in [0.05, 0.1) is 5.75 Å². The van der Waals surface area contributed by atoms with E-state index in [1.165, 1.54) is 31.0 Å². The first-order valence-corrected chi connectivity index (χ1v) is 11.2. The first kappa shape index (κ1) is 19.7. The molecular formula is C23H26N4OS. The highest BCUT2D eigenvalue weighted by Gasteiger charge is 2.27. The molecule has 0 radical (unpaired) electrons. The number of carbonyl (C=O) groups excluding carboxylic acids is 1. The van der Waals surface area contributed by atoms with Crippen molar-refractivity contribution in [2.24, 2.45) is 7.05 Å². The molecule has 2 aromatic carbocycles. The normalized spacial score (nSPS) is 14.7. The van der Waals surface area contributed by atoms with Crippen LogP contribution in [0.1, 0.15) is 32.1 Å². The van der Waals surface area contributed by atoms with E-state index in [0.717, 1.165) is 35.1 Å². The van der Waals surface area contributed by atoms with Crippen LogP contribution in [-0.2, 0) is 11.8 Å². The molecule has 0 unspecified atom stereocenters. The maximum atomic E-state index is 13.3. The molecule has 1 aromatic heterocycles. The summed E-state index contributed by atoms with van der Waals surface area (Å²) in [6, 6.07) is 20.3. The SMILES string of the molecule is Cn1c(SCC(=O)N(c2ccccc2)C2CCCCC2)nnc1-c1ccccc1. The lowest BCUT2D eigenvalue weighted by atomic mass is 9.93. The molecule has 1 amide bonds. The van der Waals surface area contributed by atoms with E-state index in [0.29, 0.717) is 11.8 Å². The Morgan fingerprint density at radius 2 is 1.66 bits per heavy atom. The smallest absolute Gasteiger partial charge is 0.237 e. The molecule has 0 atom stereocenters. The van der Waals surface area contributed by atoms with E-state index in [2.05, 4.69) is 10.2 Å². The average Bonchev–Trinajstić information content (AvgIpc) is 3.15. The highest BCUT2D eigenvalue weighted by Crippen LogP contribution is 2.29. The Balaban J connectivity index is 1.49. The predicted octanol–water partition coefficient (Wildman–Crippen LogP) is 4.94. The second-order valence-corrected chi connectivity index (χ2v) is 8.35. The van der Waals surface area contributed by atoms with E-state index in [9.17, 15) is 4.79 Å². The summed E-state index contributed by atoms with van der Waals surface area (Å²) in [5.74, 6) is 1.30. The van der Waals surface area contributed by atoms with Crippen molar-refractivity contribution in [3.63, 3.8) is 0 Å². The maximum absolute atomic E-state index is 13.3. The molecular weight excluding hydrogens is 380 g/mol. The fourth-order valence-corrected chi connectivity index (χ4v) is 4.73. The molecule has 0 N–H and O–H groups in total. The minimum absolute atomic E-state index is 0.136. The summed E-state index contributed by atoms with van der Waals surface area (Å²) in [6.07, 6.45) is 5.81. The van der Waals surface area contributed by atoms with Crippen LogP contribution in [0.15, 0.2) is 65.8 Å². The summed E-state index contributed by atoms with van der Waals surface area (Å²) < 4.78 is 1.96. The van der Waals surface area contributed by atoms with Crippen LogP contribution in [0.3, 0.4) is 0 Å². The topological polar surface area (TPSA) is 51.0 Å². The lowest BCUT2D eigenvalue weighted by Gasteiger charge is -2.34. The Hall–Kier alpha value is -2.60. The van der Waals surface area contributed by atoms with E-state index < -0.39 is 0 Å². The second-order valence-electron chi connectivity index (χ2n) is 7.41. The number of hydrogen-bond acceptors (Lipinski definition) is 4. The fourth-order valence-electron chi connectivity index (χ4n) is 3.96. The molecule has 3 aromatic rings. The molecule has 1 fully saturated rings. The van der Waals surface area contributed by atoms with E-state index in [-0.39, 0.29) is 5.91 Å². The Kier molecular flexibility index (Phi) is 6.30. The third-order valence-corrected chi connectivity index (χ3v) is 6.44. The molecule has 0 aliphatic heterocycles. The molecule has 4 rings (SSSR count). The summed E-state index contributed by atoms with van der Waals surface area (Å²) in [5.41, 5.74) is 2.02. The quantitative estimate of drug-likeness (QED) is 0.544. The van der Waals surface area contributed by atoms with Gasteiger partial charge >= 0.3 is 0 Å². The van der Waals surface area contributed by atoms with E-state index in [1.54, 1.807) is 0 Å². The number of anilines is 1. The minimum Gasteiger partial charge on any atom is -0.309 e. The van der Waals surface area contributed by atoms with Crippen LogP contribution in [0.5, 0.6) is 0 Å². The van der Waals surface area contributed by atoms with Gasteiger partial charge in [0.15, 0.2) is 11.0 Å². The predicted molar refractivity (Wildman–Crippen MR) is 118 cm³/mol. The summed E-state index contributed by atoms with van der Waals surface area (Å²) in [5, 5.41) is 9.40. The number of para-hydroxylation sites is 1. The van der Waals surface area contributed by atoms with Gasteiger partial charge in [-0.15, -0.1) is 10.2 Å². The van der Waals surface area contributed by atoms with Gasteiger partial charge in [-0.2, -0.15) is 0 Å². The lowest BCUT2D eigenvalue weighted by molar-refractivity contribution is -0.116. The molecule has 5 nitrogen and oxygen atoms in total. The number of aromatic nitrogens is 3. The van der Waals surface area contributed by atoms with Crippen LogP contribution >= 0.6 is 11.8 Å². The van der Waals surface area contributed by atoms with Gasteiger partial charge in [0, 0.05) is 24.3 Å². The van der Waals surface area contributed by atoms with Crippen LogP contribution in [0, 0.1) is 0 Å². The van der Waals surface area contributed by atoms with Crippen LogP contribution in [0.25, 0.3) is 11.4 Å². The number of carbonyl (C=O) groups is 1. The van der Waals surface area contributed by atoms with Gasteiger partial charge < -0.3 is 9.47 Å². The van der Waals surface area contributed by atoms with E-state index in [4.69, 9.17) is 0 Å². The number of thioether (sulfide) groups is 1. The van der Waals surface area contributed by atoms with Gasteiger partial charge in [-0.05, 0) is 25.0 Å². The molecule has 1 aliphatic rings. The summed E-state index contributed by atoms with van der Waals surface area (Å²) in [4.78, 5) is 15.3. The van der Waals surface area contributed by atoms with E-state index >= 15 is 0 Å². The molecule has 1 aliphatic carbocycles. The fraction of sp³-hybridized carbons (Fsp3) is 0.348. The molecule has 0 spiro atoms. The Morgan fingerprint density at radius 1 is 1.00 bits per heavy atom. The Morgan fingerprint density at radius 3 is 2.34 bits per heavy atom. The van der Waals surface area contributed by atoms with Crippen molar-refractivity contribution in [1.82, 2.24) is 14.8 Å². The summed E-state index contributed by atoms with van der Waals surface area (Å²) in [6.45, 7) is 0. The molecule has 6 heteroatoms. The number of hydrogen-bond donors (Lipinski definition) is 0. The standard InChI is InChI=1S/C23H26N4OS/c1-26-22(18-11-5-2-6-12-18)24-25-23(26)29-17-21(28)27(19-13-7-3-8-14-19)20-15-9-4-10-16-20/h2-3,5-8,11-14,20H,4,9-10,15-17H2,1H3. The first-order valence-electron chi connectivity index (χ1n) is 10.2. The van der Waals surface area contributed by atoms with Crippen LogP contribution < -0.4 is 4.90 Å². The lowest BCUT2D eigenvalue weighted by Crippen LogP contribution is -2.42.